The Balaban J connectivity index is 1.80. The van der Waals surface area contributed by atoms with E-state index in [2.05, 4.69) is 65.2 Å². The smallest absolute Gasteiger partial charge is 0.0625 e. The van der Waals surface area contributed by atoms with E-state index in [0.29, 0.717) is 0 Å². The number of anilines is 1. The highest BCUT2D eigenvalue weighted by atomic mass is 15.5. The predicted octanol–water partition coefficient (Wildman–Crippen LogP) is 4.12. The van der Waals surface area contributed by atoms with Crippen LogP contribution in [0.5, 0.6) is 0 Å². The number of nitrogens with zero attached hydrogens (tertiary/aromatic N) is 2. The number of rotatable bonds is 3. The molecule has 0 unspecified atom stereocenters. The zero-order valence-corrected chi connectivity index (χ0v) is 11.5. The van der Waals surface area contributed by atoms with E-state index < -0.39 is 0 Å². The quantitative estimate of drug-likeness (QED) is 0.760. The molecule has 2 heteroatoms. The van der Waals surface area contributed by atoms with Crippen molar-refractivity contribution in [3.63, 3.8) is 0 Å². The summed E-state index contributed by atoms with van der Waals surface area (Å²) in [5.41, 5.74) is 4.86. The Labute approximate surface area is 120 Å². The first-order valence-corrected chi connectivity index (χ1v) is 6.99. The molecule has 0 bridgehead atoms. The highest BCUT2D eigenvalue weighted by Gasteiger charge is 2.14. The van der Waals surface area contributed by atoms with E-state index in [1.807, 2.05) is 12.3 Å². The fraction of sp³-hybridized carbons (Fsp3) is 0.167. The van der Waals surface area contributed by atoms with Crippen LogP contribution in [0.15, 0.2) is 60.2 Å². The lowest BCUT2D eigenvalue weighted by atomic mass is 10.0. The highest BCUT2D eigenvalue weighted by molar-refractivity contribution is 5.81. The third kappa shape index (κ3) is 2.64. The Bertz CT molecular complexity index is 626. The lowest BCUT2D eigenvalue weighted by Gasteiger charge is -2.26. The molecule has 20 heavy (non-hydrogen) atoms. The maximum Gasteiger partial charge on any atom is 0.0625 e. The molecule has 2 nitrogen and oxygen atoms in total. The first kappa shape index (κ1) is 12.7. The van der Waals surface area contributed by atoms with Gasteiger partial charge in [0, 0.05) is 6.54 Å². The van der Waals surface area contributed by atoms with Gasteiger partial charge in [-0.1, -0.05) is 55.1 Å². The van der Waals surface area contributed by atoms with E-state index in [0.717, 1.165) is 30.5 Å². The van der Waals surface area contributed by atoms with Gasteiger partial charge in [0.2, 0.25) is 0 Å². The van der Waals surface area contributed by atoms with E-state index in [1.54, 1.807) is 0 Å². The summed E-state index contributed by atoms with van der Waals surface area (Å²) in [6.45, 7) is 4.75. The first-order chi connectivity index (χ1) is 9.86. The van der Waals surface area contributed by atoms with Crippen LogP contribution in [-0.2, 0) is 6.42 Å². The van der Waals surface area contributed by atoms with Crippen LogP contribution in [0, 0.1) is 0 Å². The fourth-order valence-electron chi connectivity index (χ4n) is 2.49. The van der Waals surface area contributed by atoms with Crippen molar-refractivity contribution in [2.45, 2.75) is 12.8 Å². The molecule has 2 aromatic rings. The Kier molecular flexibility index (Phi) is 3.64. The average Bonchev–Trinajstić information content (AvgIpc) is 2.53. The minimum Gasteiger partial charge on any atom is -0.265 e. The summed E-state index contributed by atoms with van der Waals surface area (Å²) in [7, 11) is 0. The summed E-state index contributed by atoms with van der Waals surface area (Å²) in [5, 5.41) is 6.73. The van der Waals surface area contributed by atoms with Gasteiger partial charge in [-0.25, -0.2) is 0 Å². The number of hydrogen-bond acceptors (Lipinski definition) is 2. The van der Waals surface area contributed by atoms with Crippen LogP contribution in [0.25, 0.3) is 6.08 Å². The minimum absolute atomic E-state index is 0.984. The lowest BCUT2D eigenvalue weighted by molar-refractivity contribution is 0.717. The van der Waals surface area contributed by atoms with Gasteiger partial charge in [0.05, 0.1) is 11.9 Å². The maximum atomic E-state index is 4.63. The summed E-state index contributed by atoms with van der Waals surface area (Å²) >= 11 is 0. The zero-order valence-electron chi connectivity index (χ0n) is 11.5. The van der Waals surface area contributed by atoms with Crippen molar-refractivity contribution < 1.29 is 0 Å². The summed E-state index contributed by atoms with van der Waals surface area (Å²) in [5.74, 6) is 0. The topological polar surface area (TPSA) is 15.6 Å². The van der Waals surface area contributed by atoms with Crippen LogP contribution in [0.3, 0.4) is 0 Å². The highest BCUT2D eigenvalue weighted by Crippen LogP contribution is 2.26. The second-order valence-corrected chi connectivity index (χ2v) is 4.97. The van der Waals surface area contributed by atoms with Crippen molar-refractivity contribution in [2.75, 3.05) is 11.6 Å². The predicted molar refractivity (Wildman–Crippen MR) is 86.2 cm³/mol. The zero-order chi connectivity index (χ0) is 13.8. The van der Waals surface area contributed by atoms with Crippen LogP contribution >= 0.6 is 0 Å². The molecule has 3 rings (SSSR count). The average molecular weight is 262 g/mol. The first-order valence-electron chi connectivity index (χ1n) is 6.99. The van der Waals surface area contributed by atoms with Crippen molar-refractivity contribution in [1.29, 1.82) is 0 Å². The molecule has 0 fully saturated rings. The molecule has 0 spiro atoms. The monoisotopic (exact) mass is 262 g/mol. The Morgan fingerprint density at radius 3 is 2.55 bits per heavy atom. The van der Waals surface area contributed by atoms with Crippen LogP contribution in [0.2, 0.25) is 0 Å². The molecule has 0 saturated heterocycles. The van der Waals surface area contributed by atoms with E-state index in [4.69, 9.17) is 0 Å². The van der Waals surface area contributed by atoms with Crippen molar-refractivity contribution in [1.82, 2.24) is 0 Å². The third-order valence-electron chi connectivity index (χ3n) is 3.60. The Morgan fingerprint density at radius 2 is 1.75 bits per heavy atom. The molecule has 1 aliphatic rings. The largest absolute Gasteiger partial charge is 0.265 e. The number of fused-ring (bicyclic) bond motifs is 1. The van der Waals surface area contributed by atoms with Gasteiger partial charge in [0.25, 0.3) is 0 Å². The minimum atomic E-state index is 0.984. The number of hydrogen-bond donors (Lipinski definition) is 0. The van der Waals surface area contributed by atoms with Crippen LogP contribution in [0.1, 0.15) is 23.1 Å². The summed E-state index contributed by atoms with van der Waals surface area (Å²) in [4.78, 5) is 0. The number of hydrazone groups is 1. The van der Waals surface area contributed by atoms with Crippen LogP contribution in [0.4, 0.5) is 5.69 Å². The van der Waals surface area contributed by atoms with E-state index >= 15 is 0 Å². The van der Waals surface area contributed by atoms with Gasteiger partial charge in [-0.3, -0.25) is 5.01 Å². The summed E-state index contributed by atoms with van der Waals surface area (Å²) < 4.78 is 0. The molecule has 0 N–H and O–H groups in total. The molecule has 0 amide bonds. The lowest BCUT2D eigenvalue weighted by Crippen LogP contribution is -2.24. The molecule has 0 saturated carbocycles. The second-order valence-electron chi connectivity index (χ2n) is 4.97. The number of benzene rings is 2. The number of aryl methyl sites for hydroxylation is 1. The second kappa shape index (κ2) is 5.74. The van der Waals surface area contributed by atoms with Gasteiger partial charge in [0.15, 0.2) is 0 Å². The molecular formula is C18H18N2. The van der Waals surface area contributed by atoms with Gasteiger partial charge in [-0.05, 0) is 35.6 Å². The normalized spacial score (nSPS) is 14.3. The molecule has 0 atom stereocenters. The fourth-order valence-corrected chi connectivity index (χ4v) is 2.49. The summed E-state index contributed by atoms with van der Waals surface area (Å²) in [6, 6.07) is 16.7. The van der Waals surface area contributed by atoms with Crippen molar-refractivity contribution in [3.8, 4) is 0 Å². The maximum absolute atomic E-state index is 4.63. The molecule has 100 valence electrons. The number of para-hydroxylation sites is 1. The SMILES string of the molecule is C=Cc1ccc(C=NN2CCCc3ccccc32)cc1. The van der Waals surface area contributed by atoms with E-state index in [9.17, 15) is 0 Å². The summed E-state index contributed by atoms with van der Waals surface area (Å²) in [6.07, 6.45) is 6.08. The molecule has 2 aromatic carbocycles. The molecule has 1 aliphatic heterocycles. The Morgan fingerprint density at radius 1 is 1.00 bits per heavy atom. The molecule has 0 aromatic heterocycles. The van der Waals surface area contributed by atoms with Gasteiger partial charge >= 0.3 is 0 Å². The van der Waals surface area contributed by atoms with Crippen LogP contribution < -0.4 is 5.01 Å². The standard InChI is InChI=1S/C18H18N2/c1-2-15-9-11-16(12-10-15)14-19-20-13-5-7-17-6-3-4-8-18(17)20/h2-4,6,8-12,14H,1,5,7,13H2. The van der Waals surface area contributed by atoms with Crippen LogP contribution in [-0.4, -0.2) is 12.8 Å². The van der Waals surface area contributed by atoms with Crippen molar-refractivity contribution in [2.24, 2.45) is 5.10 Å². The van der Waals surface area contributed by atoms with Gasteiger partial charge in [-0.2, -0.15) is 5.10 Å². The third-order valence-corrected chi connectivity index (χ3v) is 3.60. The van der Waals surface area contributed by atoms with E-state index in [1.165, 1.54) is 11.3 Å². The van der Waals surface area contributed by atoms with Gasteiger partial charge in [-0.15, -0.1) is 0 Å². The molecular weight excluding hydrogens is 244 g/mol. The van der Waals surface area contributed by atoms with Crippen molar-refractivity contribution >= 4 is 18.0 Å². The van der Waals surface area contributed by atoms with Crippen molar-refractivity contribution in [3.05, 3.63) is 71.8 Å². The molecule has 1 heterocycles. The van der Waals surface area contributed by atoms with E-state index in [-0.39, 0.29) is 0 Å². The molecule has 0 radical (unpaired) electrons. The molecule has 0 aliphatic carbocycles. The Hall–Kier alpha value is -2.35. The van der Waals surface area contributed by atoms with Gasteiger partial charge in [0.1, 0.15) is 0 Å². The van der Waals surface area contributed by atoms with Gasteiger partial charge < -0.3 is 0 Å².